The van der Waals surface area contributed by atoms with E-state index in [9.17, 15) is 19.0 Å². The number of allylic oxidation sites excluding steroid dienone is 2. The molecule has 1 N–H and O–H groups in total. The van der Waals surface area contributed by atoms with Crippen LogP contribution in [0.15, 0.2) is 12.2 Å². The molecule has 0 spiro atoms. The maximum atomic E-state index is 12.6. The lowest BCUT2D eigenvalue weighted by Crippen LogP contribution is -2.37. The molecule has 0 aliphatic heterocycles. The average Bonchev–Trinajstić information content (AvgIpc) is 3.02. The second-order valence-corrected chi connectivity index (χ2v) is 15.8. The number of esters is 2. The van der Waals surface area contributed by atoms with Crippen molar-refractivity contribution in [1.82, 2.24) is 0 Å². The first-order chi connectivity index (χ1) is 23.0. The minimum Gasteiger partial charge on any atom is -0.462 e. The van der Waals surface area contributed by atoms with Gasteiger partial charge in [-0.1, -0.05) is 129 Å². The monoisotopic (exact) mass is 705 g/mol. The molecule has 0 aromatic rings. The van der Waals surface area contributed by atoms with Gasteiger partial charge in [-0.05, 0) is 38.5 Å². The standard InChI is InChI=1S/C38H74NO8P/c1-6-8-10-12-14-16-18-19-21-22-24-26-28-30-37(40)44-34-36(35-46-48(42,43)45-33-32-39(3,4)5)47-38(41)31-29-27-25-23-20-17-15-13-11-9-7-2/h16,18,36H,6-15,17,19-35H2,1-5H3/p+1/b18-16+/t36-/m1/s1. The lowest BCUT2D eigenvalue weighted by atomic mass is 10.1. The van der Waals surface area contributed by atoms with Gasteiger partial charge in [0.25, 0.3) is 0 Å². The summed E-state index contributed by atoms with van der Waals surface area (Å²) in [5.41, 5.74) is 0. The van der Waals surface area contributed by atoms with E-state index < -0.39 is 26.5 Å². The van der Waals surface area contributed by atoms with Crippen LogP contribution in [0.25, 0.3) is 0 Å². The van der Waals surface area contributed by atoms with Gasteiger partial charge in [0.2, 0.25) is 0 Å². The third-order valence-corrected chi connectivity index (χ3v) is 9.28. The van der Waals surface area contributed by atoms with Gasteiger partial charge in [-0.2, -0.15) is 0 Å². The van der Waals surface area contributed by atoms with Gasteiger partial charge < -0.3 is 18.9 Å². The lowest BCUT2D eigenvalue weighted by Gasteiger charge is -2.24. The molecule has 0 heterocycles. The Labute approximate surface area is 295 Å². The Bertz CT molecular complexity index is 845. The summed E-state index contributed by atoms with van der Waals surface area (Å²) in [6.45, 7) is 4.38. The molecule has 9 nitrogen and oxygen atoms in total. The van der Waals surface area contributed by atoms with Crippen molar-refractivity contribution in [2.45, 2.75) is 174 Å². The van der Waals surface area contributed by atoms with Crippen LogP contribution in [0.1, 0.15) is 168 Å². The van der Waals surface area contributed by atoms with E-state index in [4.69, 9.17) is 18.5 Å². The van der Waals surface area contributed by atoms with Crippen molar-refractivity contribution < 1.29 is 42.1 Å². The SMILES string of the molecule is CCCCCC/C=C/CCCCCCCC(=O)OC[C@H](COP(=O)(O)OCC[N+](C)(C)C)OC(=O)CCCCCCCCCCCCC. The summed E-state index contributed by atoms with van der Waals surface area (Å²) in [6.07, 6.45) is 29.7. The van der Waals surface area contributed by atoms with Crippen LogP contribution in [0, 0.1) is 0 Å². The number of phosphoric ester groups is 1. The van der Waals surface area contributed by atoms with E-state index >= 15 is 0 Å². The highest BCUT2D eigenvalue weighted by Crippen LogP contribution is 2.43. The molecule has 10 heteroatoms. The summed E-state index contributed by atoms with van der Waals surface area (Å²) < 4.78 is 34.1. The van der Waals surface area contributed by atoms with Crippen molar-refractivity contribution in [2.24, 2.45) is 0 Å². The maximum Gasteiger partial charge on any atom is 0.472 e. The first kappa shape index (κ1) is 46.8. The molecule has 0 aromatic heterocycles. The minimum atomic E-state index is -4.36. The Morgan fingerprint density at radius 2 is 1.06 bits per heavy atom. The second kappa shape index (κ2) is 31.7. The second-order valence-electron chi connectivity index (χ2n) is 14.3. The van der Waals surface area contributed by atoms with Crippen molar-refractivity contribution in [2.75, 3.05) is 47.5 Å². The zero-order valence-electron chi connectivity index (χ0n) is 31.7. The Morgan fingerprint density at radius 3 is 1.56 bits per heavy atom. The van der Waals surface area contributed by atoms with Crippen LogP contribution >= 0.6 is 7.82 Å². The van der Waals surface area contributed by atoms with Crippen molar-refractivity contribution in [3.05, 3.63) is 12.2 Å². The van der Waals surface area contributed by atoms with E-state index in [2.05, 4.69) is 26.0 Å². The number of ether oxygens (including phenoxy) is 2. The fourth-order valence-electron chi connectivity index (χ4n) is 5.18. The molecule has 284 valence electrons. The van der Waals surface area contributed by atoms with Crippen LogP contribution < -0.4 is 0 Å². The van der Waals surface area contributed by atoms with Gasteiger partial charge in [-0.15, -0.1) is 0 Å². The summed E-state index contributed by atoms with van der Waals surface area (Å²) in [7, 11) is 1.48. The number of hydrogen-bond donors (Lipinski definition) is 1. The Kier molecular flexibility index (Phi) is 30.9. The van der Waals surface area contributed by atoms with E-state index in [1.807, 2.05) is 21.1 Å². The first-order valence-corrected chi connectivity index (χ1v) is 20.9. The lowest BCUT2D eigenvalue weighted by molar-refractivity contribution is -0.870. The molecule has 0 amide bonds. The summed E-state index contributed by atoms with van der Waals surface area (Å²) >= 11 is 0. The highest BCUT2D eigenvalue weighted by Gasteiger charge is 2.27. The third-order valence-electron chi connectivity index (χ3n) is 8.30. The Morgan fingerprint density at radius 1 is 0.625 bits per heavy atom. The van der Waals surface area contributed by atoms with Gasteiger partial charge in [0, 0.05) is 12.8 Å². The molecule has 0 aromatic carbocycles. The first-order valence-electron chi connectivity index (χ1n) is 19.4. The van der Waals surface area contributed by atoms with Crippen molar-refractivity contribution in [3.8, 4) is 0 Å². The molecule has 0 aliphatic rings. The molecule has 0 radical (unpaired) electrons. The largest absolute Gasteiger partial charge is 0.472 e. The predicted molar refractivity (Wildman–Crippen MR) is 197 cm³/mol. The van der Waals surface area contributed by atoms with E-state index in [0.717, 1.165) is 51.4 Å². The number of nitrogens with zero attached hydrogens (tertiary/aromatic N) is 1. The smallest absolute Gasteiger partial charge is 0.462 e. The number of likely N-dealkylation sites (N-methyl/N-ethyl adjacent to an activating group) is 1. The summed E-state index contributed by atoms with van der Waals surface area (Å²) in [5, 5.41) is 0. The molecule has 0 saturated carbocycles. The highest BCUT2D eigenvalue weighted by atomic mass is 31.2. The third kappa shape index (κ3) is 34.6. The van der Waals surface area contributed by atoms with Gasteiger partial charge >= 0.3 is 19.8 Å². The molecular formula is C38H75NO8P+. The normalized spacial score (nSPS) is 13.9. The number of carbonyl (C=O) groups is 2. The van der Waals surface area contributed by atoms with E-state index in [-0.39, 0.29) is 32.0 Å². The Balaban J connectivity index is 4.43. The molecule has 2 atom stereocenters. The summed E-state index contributed by atoms with van der Waals surface area (Å²) in [4.78, 5) is 35.1. The molecule has 0 aliphatic carbocycles. The number of carbonyl (C=O) groups excluding carboxylic acids is 2. The van der Waals surface area contributed by atoms with Crippen LogP contribution in [0.3, 0.4) is 0 Å². The maximum absolute atomic E-state index is 12.6. The predicted octanol–water partition coefficient (Wildman–Crippen LogP) is 10.2. The van der Waals surface area contributed by atoms with Crippen LogP contribution in [-0.4, -0.2) is 74.9 Å². The van der Waals surface area contributed by atoms with Crippen LogP contribution in [-0.2, 0) is 32.7 Å². The van der Waals surface area contributed by atoms with Crippen molar-refractivity contribution >= 4 is 19.8 Å². The molecular weight excluding hydrogens is 629 g/mol. The number of phosphoric acid groups is 1. The average molecular weight is 705 g/mol. The number of hydrogen-bond acceptors (Lipinski definition) is 7. The van der Waals surface area contributed by atoms with Crippen LogP contribution in [0.2, 0.25) is 0 Å². The van der Waals surface area contributed by atoms with Gasteiger partial charge in [0.05, 0.1) is 27.7 Å². The zero-order valence-corrected chi connectivity index (χ0v) is 32.6. The molecule has 0 saturated heterocycles. The fourth-order valence-corrected chi connectivity index (χ4v) is 5.93. The van der Waals surface area contributed by atoms with E-state index in [1.165, 1.54) is 83.5 Å². The fraction of sp³-hybridized carbons (Fsp3) is 0.895. The van der Waals surface area contributed by atoms with Crippen molar-refractivity contribution in [1.29, 1.82) is 0 Å². The van der Waals surface area contributed by atoms with E-state index in [1.54, 1.807) is 0 Å². The van der Waals surface area contributed by atoms with Gasteiger partial charge in [-0.25, -0.2) is 4.57 Å². The van der Waals surface area contributed by atoms with Crippen molar-refractivity contribution in [3.63, 3.8) is 0 Å². The molecule has 0 rings (SSSR count). The number of quaternary nitrogens is 1. The number of rotatable bonds is 35. The summed E-state index contributed by atoms with van der Waals surface area (Å²) in [6, 6.07) is 0. The van der Waals surface area contributed by atoms with Gasteiger partial charge in [0.1, 0.15) is 19.8 Å². The molecule has 48 heavy (non-hydrogen) atoms. The number of unbranched alkanes of at least 4 members (excludes halogenated alkanes) is 19. The minimum absolute atomic E-state index is 0.0331. The quantitative estimate of drug-likeness (QED) is 0.0228. The van der Waals surface area contributed by atoms with Gasteiger partial charge in [-0.3, -0.25) is 18.6 Å². The zero-order chi connectivity index (χ0) is 35.8. The van der Waals surface area contributed by atoms with Crippen LogP contribution in [0.4, 0.5) is 0 Å². The van der Waals surface area contributed by atoms with Gasteiger partial charge in [0.15, 0.2) is 6.10 Å². The Hall–Kier alpha value is -1.25. The van der Waals surface area contributed by atoms with Crippen LogP contribution in [0.5, 0.6) is 0 Å². The van der Waals surface area contributed by atoms with E-state index in [0.29, 0.717) is 17.4 Å². The molecule has 0 bridgehead atoms. The molecule has 1 unspecified atom stereocenters. The molecule has 0 fully saturated rings. The summed E-state index contributed by atoms with van der Waals surface area (Å²) in [5.74, 6) is -0.806. The highest BCUT2D eigenvalue weighted by molar-refractivity contribution is 7.47. The topological polar surface area (TPSA) is 108 Å².